The van der Waals surface area contributed by atoms with Crippen molar-refractivity contribution in [3.63, 3.8) is 0 Å². The number of anilines is 1. The van der Waals surface area contributed by atoms with Gasteiger partial charge in [-0.15, -0.1) is 23.1 Å². The van der Waals surface area contributed by atoms with E-state index >= 15 is 0 Å². The first kappa shape index (κ1) is 23.8. The molecule has 1 aliphatic rings. The number of carbonyl (C=O) groups excluding carboxylic acids is 1. The summed E-state index contributed by atoms with van der Waals surface area (Å²) >= 11 is 3.41. The van der Waals surface area contributed by atoms with E-state index in [2.05, 4.69) is 63.7 Å². The summed E-state index contributed by atoms with van der Waals surface area (Å²) in [6.07, 6.45) is 1.86. The second-order valence-corrected chi connectivity index (χ2v) is 10.8. The Balaban J connectivity index is 1.15. The Morgan fingerprint density at radius 3 is 2.89 bits per heavy atom. The van der Waals surface area contributed by atoms with E-state index in [0.717, 1.165) is 41.3 Å². The van der Waals surface area contributed by atoms with Crippen molar-refractivity contribution in [1.29, 1.82) is 0 Å². The first-order valence-electron chi connectivity index (χ1n) is 11.8. The molecular formula is C27H28N4O2S2. The lowest BCUT2D eigenvalue weighted by Crippen LogP contribution is -2.40. The normalized spacial score (nSPS) is 16.3. The summed E-state index contributed by atoms with van der Waals surface area (Å²) in [7, 11) is 0. The number of benzene rings is 2. The van der Waals surface area contributed by atoms with Crippen molar-refractivity contribution in [3.05, 3.63) is 83.1 Å². The third-order valence-corrected chi connectivity index (χ3v) is 8.09. The Kier molecular flexibility index (Phi) is 7.61. The largest absolute Gasteiger partial charge is 0.338 e. The fourth-order valence-electron chi connectivity index (χ4n) is 4.30. The highest BCUT2D eigenvalue weighted by molar-refractivity contribution is 7.98. The molecule has 0 bridgehead atoms. The smallest absolute Gasteiger partial charge is 0.241 e. The molecule has 1 saturated heterocycles. The molecule has 1 N–H and O–H groups in total. The van der Waals surface area contributed by atoms with E-state index < -0.39 is 0 Å². The number of thiophene rings is 1. The maximum absolute atomic E-state index is 13.1. The number of amides is 1. The van der Waals surface area contributed by atoms with Crippen LogP contribution in [0, 0.1) is 12.8 Å². The molecule has 0 saturated carbocycles. The van der Waals surface area contributed by atoms with E-state index in [9.17, 15) is 4.79 Å². The number of piperidine rings is 1. The molecule has 5 rings (SSSR count). The molecule has 0 aliphatic carbocycles. The van der Waals surface area contributed by atoms with Crippen LogP contribution in [0.5, 0.6) is 0 Å². The number of nitrogens with one attached hydrogen (secondary N) is 1. The highest BCUT2D eigenvalue weighted by Gasteiger charge is 2.27. The highest BCUT2D eigenvalue weighted by atomic mass is 32.2. The molecule has 1 atom stereocenters. The third kappa shape index (κ3) is 6.20. The quantitative estimate of drug-likeness (QED) is 0.286. The van der Waals surface area contributed by atoms with Crippen molar-refractivity contribution in [2.75, 3.05) is 18.4 Å². The lowest BCUT2D eigenvalue weighted by Gasteiger charge is -2.31. The average molecular weight is 505 g/mol. The molecule has 3 heterocycles. The van der Waals surface area contributed by atoms with Gasteiger partial charge in [0.2, 0.25) is 17.6 Å². The number of hydrogen-bond acceptors (Lipinski definition) is 7. The molecule has 35 heavy (non-hydrogen) atoms. The standard InChI is InChI=1S/C27H28N4O2S2/c1-19-15-20(18-35-22-8-3-2-4-9-22)11-12-23(19)28-27(32)21-7-5-13-31(16-21)17-25-29-26(30-33-25)24-10-6-14-34-24/h2-4,6,8-12,14-15,21H,5,7,13,16-18H2,1H3,(H,28,32). The number of rotatable bonds is 8. The Labute approximate surface area is 213 Å². The Bertz CT molecular complexity index is 1260. The summed E-state index contributed by atoms with van der Waals surface area (Å²) in [5, 5.41) is 9.26. The molecule has 0 spiro atoms. The summed E-state index contributed by atoms with van der Waals surface area (Å²) < 4.78 is 5.46. The maximum atomic E-state index is 13.1. The number of aryl methyl sites for hydroxylation is 1. The third-order valence-electron chi connectivity index (χ3n) is 6.14. The summed E-state index contributed by atoms with van der Waals surface area (Å²) in [6.45, 7) is 4.23. The second kappa shape index (κ2) is 11.2. The molecular weight excluding hydrogens is 476 g/mol. The van der Waals surface area contributed by atoms with Gasteiger partial charge < -0.3 is 9.84 Å². The molecule has 6 nitrogen and oxygen atoms in total. The molecule has 1 unspecified atom stereocenters. The molecule has 4 aromatic rings. The van der Waals surface area contributed by atoms with Crippen molar-refractivity contribution in [2.45, 2.75) is 37.0 Å². The van der Waals surface area contributed by atoms with Gasteiger partial charge in [-0.05, 0) is 67.1 Å². The van der Waals surface area contributed by atoms with Crippen molar-refractivity contribution < 1.29 is 9.32 Å². The minimum Gasteiger partial charge on any atom is -0.338 e. The van der Waals surface area contributed by atoms with Crippen LogP contribution in [0.1, 0.15) is 29.9 Å². The van der Waals surface area contributed by atoms with Gasteiger partial charge >= 0.3 is 0 Å². The van der Waals surface area contributed by atoms with Crippen LogP contribution >= 0.6 is 23.1 Å². The molecule has 180 valence electrons. The fraction of sp³-hybridized carbons (Fsp3) is 0.296. The summed E-state index contributed by atoms with van der Waals surface area (Å²) in [4.78, 5) is 22.1. The molecule has 1 amide bonds. The average Bonchev–Trinajstić information content (AvgIpc) is 3.57. The molecule has 2 aromatic heterocycles. The molecule has 1 fully saturated rings. The SMILES string of the molecule is Cc1cc(CSc2ccccc2)ccc1NC(=O)C1CCCN(Cc2nc(-c3cccs3)no2)C1. The zero-order valence-electron chi connectivity index (χ0n) is 19.6. The van der Waals surface area contributed by atoms with Crippen LogP contribution in [0.2, 0.25) is 0 Å². The maximum Gasteiger partial charge on any atom is 0.241 e. The predicted octanol–water partition coefficient (Wildman–Crippen LogP) is 6.25. The second-order valence-electron chi connectivity index (χ2n) is 8.80. The van der Waals surface area contributed by atoms with Crippen LogP contribution in [-0.4, -0.2) is 34.0 Å². The number of aromatic nitrogens is 2. The first-order valence-corrected chi connectivity index (χ1v) is 13.7. The number of hydrogen-bond donors (Lipinski definition) is 1. The van der Waals surface area contributed by atoms with Crippen molar-refractivity contribution in [2.24, 2.45) is 5.92 Å². The van der Waals surface area contributed by atoms with Crippen LogP contribution in [-0.2, 0) is 17.1 Å². The van der Waals surface area contributed by atoms with E-state index in [1.165, 1.54) is 10.5 Å². The summed E-state index contributed by atoms with van der Waals surface area (Å²) in [5.74, 6) is 2.14. The van der Waals surface area contributed by atoms with Gasteiger partial charge in [-0.3, -0.25) is 9.69 Å². The van der Waals surface area contributed by atoms with Gasteiger partial charge in [-0.2, -0.15) is 4.98 Å². The number of likely N-dealkylation sites (tertiary alicyclic amines) is 1. The van der Waals surface area contributed by atoms with Crippen LogP contribution in [0.3, 0.4) is 0 Å². The Morgan fingerprint density at radius 2 is 2.09 bits per heavy atom. The lowest BCUT2D eigenvalue weighted by molar-refractivity contribution is -0.121. The zero-order chi connectivity index (χ0) is 24.0. The molecule has 2 aromatic carbocycles. The first-order chi connectivity index (χ1) is 17.1. The minimum absolute atomic E-state index is 0.0591. The zero-order valence-corrected chi connectivity index (χ0v) is 21.3. The van der Waals surface area contributed by atoms with E-state index in [0.29, 0.717) is 24.8 Å². The summed E-state index contributed by atoms with van der Waals surface area (Å²) in [6, 6.07) is 20.7. The molecule has 0 radical (unpaired) electrons. The van der Waals surface area contributed by atoms with Gasteiger partial charge in [-0.1, -0.05) is 41.6 Å². The van der Waals surface area contributed by atoms with Gasteiger partial charge in [0.15, 0.2) is 0 Å². The minimum atomic E-state index is -0.0591. The lowest BCUT2D eigenvalue weighted by atomic mass is 9.96. The Hall–Kier alpha value is -2.94. The highest BCUT2D eigenvalue weighted by Crippen LogP contribution is 2.27. The van der Waals surface area contributed by atoms with E-state index in [4.69, 9.17) is 4.52 Å². The van der Waals surface area contributed by atoms with Gasteiger partial charge in [0.05, 0.1) is 17.3 Å². The monoisotopic (exact) mass is 504 g/mol. The van der Waals surface area contributed by atoms with E-state index in [1.807, 2.05) is 41.4 Å². The predicted molar refractivity (Wildman–Crippen MR) is 141 cm³/mol. The Morgan fingerprint density at radius 1 is 1.20 bits per heavy atom. The summed E-state index contributed by atoms with van der Waals surface area (Å²) in [5.41, 5.74) is 3.22. The topological polar surface area (TPSA) is 71.3 Å². The van der Waals surface area contributed by atoms with Gasteiger partial charge in [-0.25, -0.2) is 0 Å². The molecule has 8 heteroatoms. The van der Waals surface area contributed by atoms with Crippen LogP contribution in [0.4, 0.5) is 5.69 Å². The van der Waals surface area contributed by atoms with E-state index in [1.54, 1.807) is 11.3 Å². The van der Waals surface area contributed by atoms with Gasteiger partial charge in [0.25, 0.3) is 0 Å². The fourth-order valence-corrected chi connectivity index (χ4v) is 5.82. The van der Waals surface area contributed by atoms with Crippen molar-refractivity contribution in [1.82, 2.24) is 15.0 Å². The van der Waals surface area contributed by atoms with Crippen LogP contribution in [0.15, 0.2) is 75.5 Å². The van der Waals surface area contributed by atoms with Crippen LogP contribution < -0.4 is 5.32 Å². The number of thioether (sulfide) groups is 1. The van der Waals surface area contributed by atoms with Gasteiger partial charge in [0, 0.05) is 22.9 Å². The van der Waals surface area contributed by atoms with Crippen molar-refractivity contribution >= 4 is 34.7 Å². The molecule has 1 aliphatic heterocycles. The number of carbonyl (C=O) groups is 1. The van der Waals surface area contributed by atoms with Crippen LogP contribution in [0.25, 0.3) is 10.7 Å². The van der Waals surface area contributed by atoms with E-state index in [-0.39, 0.29) is 11.8 Å². The van der Waals surface area contributed by atoms with Crippen molar-refractivity contribution in [3.8, 4) is 10.7 Å². The number of nitrogens with zero attached hydrogens (tertiary/aromatic N) is 3. The van der Waals surface area contributed by atoms with Gasteiger partial charge in [0.1, 0.15) is 0 Å².